The number of para-hydroxylation sites is 1. The molecule has 0 spiro atoms. The van der Waals surface area contributed by atoms with Crippen LogP contribution in [0.25, 0.3) is 10.9 Å². The van der Waals surface area contributed by atoms with Gasteiger partial charge in [-0.1, -0.05) is 18.2 Å². The van der Waals surface area contributed by atoms with Crippen LogP contribution in [0.3, 0.4) is 0 Å². The fourth-order valence-electron chi connectivity index (χ4n) is 4.41. The number of hydrogen-bond donors (Lipinski definition) is 9. The number of carbonyl (C=O) groups is 4. The van der Waals surface area contributed by atoms with Gasteiger partial charge in [-0.15, -0.1) is 0 Å². The van der Waals surface area contributed by atoms with E-state index in [2.05, 4.69) is 43.9 Å². The van der Waals surface area contributed by atoms with Gasteiger partial charge in [-0.05, 0) is 43.9 Å². The van der Waals surface area contributed by atoms with E-state index in [9.17, 15) is 24.3 Å². The molecule has 0 radical (unpaired) electrons. The van der Waals surface area contributed by atoms with Crippen molar-refractivity contribution in [2.24, 2.45) is 16.5 Å². The van der Waals surface area contributed by atoms with Gasteiger partial charge in [-0.25, -0.2) is 4.79 Å². The highest BCUT2D eigenvalue weighted by Crippen LogP contribution is 2.19. The van der Waals surface area contributed by atoms with Crippen LogP contribution in [0, 0.1) is 0 Å². The largest absolute Gasteiger partial charge is 0.480 e. The first-order valence-electron chi connectivity index (χ1n) is 12.8. The normalized spacial score (nSPS) is 17.1. The second kappa shape index (κ2) is 14.4. The van der Waals surface area contributed by atoms with Gasteiger partial charge in [0.2, 0.25) is 17.7 Å². The minimum absolute atomic E-state index is 0.0821. The summed E-state index contributed by atoms with van der Waals surface area (Å²) in [4.78, 5) is 57.8. The summed E-state index contributed by atoms with van der Waals surface area (Å²) in [6.07, 6.45) is 3.88. The molecule has 0 bridgehead atoms. The predicted octanol–water partition coefficient (Wildman–Crippen LogP) is -1.02. The van der Waals surface area contributed by atoms with Crippen LogP contribution in [0.4, 0.5) is 0 Å². The molecule has 212 valence electrons. The molecular weight excluding hydrogens is 524 g/mol. The minimum Gasteiger partial charge on any atom is -0.480 e. The standard InChI is InChI=1S/C25H36N8O5S/c26-25(27)29-10-4-8-18(24(37)38)31-23(36)20(13-39)33-22(35)19(32-21(34)17-7-3-9-28-17)11-14-12-30-16-6-2-1-5-15(14)16/h1-2,5-6,12,17-20,28,30,39H,3-4,7-11,13H2,(H,31,36)(H,32,34)(H,33,35)(H,37,38)(H4,26,27,29). The molecule has 39 heavy (non-hydrogen) atoms. The van der Waals surface area contributed by atoms with Gasteiger partial charge in [0.15, 0.2) is 5.96 Å². The number of nitrogens with zero attached hydrogens (tertiary/aromatic N) is 1. The number of aliphatic imine (C=N–C) groups is 1. The maximum atomic E-state index is 13.4. The number of guanidine groups is 1. The summed E-state index contributed by atoms with van der Waals surface area (Å²) in [6, 6.07) is 3.88. The lowest BCUT2D eigenvalue weighted by atomic mass is 10.0. The topological polar surface area (TPSA) is 217 Å². The van der Waals surface area contributed by atoms with Crippen molar-refractivity contribution >= 4 is 53.2 Å². The molecule has 3 amide bonds. The van der Waals surface area contributed by atoms with E-state index in [-0.39, 0.29) is 37.0 Å². The van der Waals surface area contributed by atoms with Crippen LogP contribution in [-0.2, 0) is 25.6 Å². The van der Waals surface area contributed by atoms with E-state index in [0.717, 1.165) is 29.4 Å². The third kappa shape index (κ3) is 8.61. The fraction of sp³-hybridized carbons (Fsp3) is 0.480. The molecule has 3 rings (SSSR count). The van der Waals surface area contributed by atoms with E-state index >= 15 is 0 Å². The Morgan fingerprint density at radius 1 is 1.08 bits per heavy atom. The lowest BCUT2D eigenvalue weighted by Crippen LogP contribution is -2.58. The second-order valence-corrected chi connectivity index (χ2v) is 9.73. The maximum absolute atomic E-state index is 13.4. The van der Waals surface area contributed by atoms with E-state index in [1.165, 1.54) is 0 Å². The van der Waals surface area contributed by atoms with E-state index in [1.54, 1.807) is 6.20 Å². The molecule has 4 unspecified atom stereocenters. The first-order valence-corrected chi connectivity index (χ1v) is 13.4. The minimum atomic E-state index is -1.23. The van der Waals surface area contributed by atoms with Crippen LogP contribution >= 0.6 is 12.6 Å². The second-order valence-electron chi connectivity index (χ2n) is 9.37. The lowest BCUT2D eigenvalue weighted by Gasteiger charge is -2.24. The molecule has 13 nitrogen and oxygen atoms in total. The van der Waals surface area contributed by atoms with E-state index in [0.29, 0.717) is 12.8 Å². The van der Waals surface area contributed by atoms with Crippen LogP contribution < -0.4 is 32.7 Å². The van der Waals surface area contributed by atoms with Gasteiger partial charge >= 0.3 is 5.97 Å². The van der Waals surface area contributed by atoms with Crippen LogP contribution in [0.2, 0.25) is 0 Å². The molecule has 0 aliphatic carbocycles. The van der Waals surface area contributed by atoms with E-state index in [4.69, 9.17) is 11.5 Å². The Morgan fingerprint density at radius 3 is 2.46 bits per heavy atom. The summed E-state index contributed by atoms with van der Waals surface area (Å²) in [7, 11) is 0. The Hall–Kier alpha value is -3.78. The van der Waals surface area contributed by atoms with Gasteiger partial charge in [-0.3, -0.25) is 19.4 Å². The number of carbonyl (C=O) groups excluding carboxylic acids is 3. The van der Waals surface area contributed by atoms with Crippen molar-refractivity contribution in [2.45, 2.75) is 56.3 Å². The fourth-order valence-corrected chi connectivity index (χ4v) is 4.67. The van der Waals surface area contributed by atoms with Gasteiger partial charge in [-0.2, -0.15) is 12.6 Å². The molecule has 1 saturated heterocycles. The number of nitrogens with two attached hydrogens (primary N) is 2. The lowest BCUT2D eigenvalue weighted by molar-refractivity contribution is -0.142. The van der Waals surface area contributed by atoms with Crippen molar-refractivity contribution in [3.8, 4) is 0 Å². The van der Waals surface area contributed by atoms with E-state index < -0.39 is 42.0 Å². The summed E-state index contributed by atoms with van der Waals surface area (Å²) >= 11 is 4.19. The number of nitrogens with one attached hydrogen (secondary N) is 5. The number of fused-ring (bicyclic) bond motifs is 1. The third-order valence-electron chi connectivity index (χ3n) is 6.48. The van der Waals surface area contributed by atoms with Crippen molar-refractivity contribution < 1.29 is 24.3 Å². The Bertz CT molecular complexity index is 1190. The van der Waals surface area contributed by atoms with Gasteiger partial charge in [0.1, 0.15) is 18.1 Å². The molecule has 1 aliphatic rings. The number of carboxylic acids is 1. The number of aliphatic carboxylic acids is 1. The third-order valence-corrected chi connectivity index (χ3v) is 6.85. The highest BCUT2D eigenvalue weighted by molar-refractivity contribution is 7.80. The van der Waals surface area contributed by atoms with Gasteiger partial charge in [0.25, 0.3) is 0 Å². The maximum Gasteiger partial charge on any atom is 0.326 e. The van der Waals surface area contributed by atoms with Crippen molar-refractivity contribution in [1.82, 2.24) is 26.3 Å². The number of H-pyrrole nitrogens is 1. The van der Waals surface area contributed by atoms with Gasteiger partial charge < -0.3 is 42.8 Å². The summed E-state index contributed by atoms with van der Waals surface area (Å²) in [6.45, 7) is 0.926. The zero-order valence-electron chi connectivity index (χ0n) is 21.5. The summed E-state index contributed by atoms with van der Waals surface area (Å²) in [5, 5.41) is 21.4. The van der Waals surface area contributed by atoms with Crippen LogP contribution in [0.5, 0.6) is 0 Å². The molecule has 1 aliphatic heterocycles. The summed E-state index contributed by atoms with van der Waals surface area (Å²) < 4.78 is 0. The summed E-state index contributed by atoms with van der Waals surface area (Å²) in [5.74, 6) is -3.02. The smallest absolute Gasteiger partial charge is 0.326 e. The first kappa shape index (κ1) is 29.8. The van der Waals surface area contributed by atoms with Crippen molar-refractivity contribution in [3.05, 3.63) is 36.0 Å². The molecule has 14 heteroatoms. The first-order chi connectivity index (χ1) is 18.7. The SMILES string of the molecule is NC(N)=NCCCC(NC(=O)C(CS)NC(=O)C(Cc1c[nH]c2ccccc12)NC(=O)C1CCCN1)C(=O)O. The van der Waals surface area contributed by atoms with Crippen LogP contribution in [0.1, 0.15) is 31.2 Å². The van der Waals surface area contributed by atoms with Crippen LogP contribution in [-0.4, -0.2) is 82.8 Å². The molecule has 1 aromatic carbocycles. The Labute approximate surface area is 231 Å². The molecule has 1 fully saturated rings. The molecular formula is C25H36N8O5S. The molecule has 10 N–H and O–H groups in total. The Balaban J connectivity index is 1.70. The average Bonchev–Trinajstić information content (AvgIpc) is 3.59. The van der Waals surface area contributed by atoms with Crippen molar-refractivity contribution in [1.29, 1.82) is 0 Å². The number of thiol groups is 1. The number of aromatic amines is 1. The number of amides is 3. The Morgan fingerprint density at radius 2 is 1.79 bits per heavy atom. The zero-order valence-corrected chi connectivity index (χ0v) is 22.4. The van der Waals surface area contributed by atoms with Crippen molar-refractivity contribution in [3.63, 3.8) is 0 Å². The van der Waals surface area contributed by atoms with E-state index in [1.807, 2.05) is 24.3 Å². The Kier molecular flexibility index (Phi) is 11.0. The molecule has 0 saturated carbocycles. The molecule has 1 aromatic heterocycles. The quantitative estimate of drug-likeness (QED) is 0.0602. The summed E-state index contributed by atoms with van der Waals surface area (Å²) in [5.41, 5.74) is 12.3. The average molecular weight is 561 g/mol. The predicted molar refractivity (Wildman–Crippen MR) is 150 cm³/mol. The number of benzene rings is 1. The highest BCUT2D eigenvalue weighted by atomic mass is 32.1. The molecule has 2 aromatic rings. The number of rotatable bonds is 14. The van der Waals surface area contributed by atoms with Crippen molar-refractivity contribution in [2.75, 3.05) is 18.8 Å². The zero-order chi connectivity index (χ0) is 28.4. The van der Waals surface area contributed by atoms with Gasteiger partial charge in [0, 0.05) is 35.8 Å². The van der Waals surface area contributed by atoms with Gasteiger partial charge in [0.05, 0.1) is 6.04 Å². The number of hydrogen-bond acceptors (Lipinski definition) is 7. The molecule has 4 atom stereocenters. The monoisotopic (exact) mass is 560 g/mol. The highest BCUT2D eigenvalue weighted by Gasteiger charge is 2.31. The molecule has 2 heterocycles. The number of aromatic nitrogens is 1. The number of carboxylic acid groups (broad SMARTS) is 1. The van der Waals surface area contributed by atoms with Crippen LogP contribution in [0.15, 0.2) is 35.5 Å².